The van der Waals surface area contributed by atoms with Crippen LogP contribution in [-0.4, -0.2) is 0 Å². The quantitative estimate of drug-likeness (QED) is 0.505. The minimum absolute atomic E-state index is 0.438. The van der Waals surface area contributed by atoms with Gasteiger partial charge in [-0.3, -0.25) is 0 Å². The van der Waals surface area contributed by atoms with Crippen LogP contribution >= 0.6 is 0 Å². The zero-order valence-electron chi connectivity index (χ0n) is 7.25. The molecule has 0 heterocycles. The van der Waals surface area contributed by atoms with Crippen LogP contribution in [0.4, 0.5) is 0 Å². The summed E-state index contributed by atoms with van der Waals surface area (Å²) in [6, 6.07) is 0. The molecular formula is C12H12. The second-order valence-electron chi connectivity index (χ2n) is 4.03. The Bertz CT molecular complexity index is 352. The monoisotopic (exact) mass is 156 g/mol. The van der Waals surface area contributed by atoms with Gasteiger partial charge in [-0.05, 0) is 30.4 Å². The van der Waals surface area contributed by atoms with Crippen LogP contribution in [0.1, 0.15) is 13.3 Å². The van der Waals surface area contributed by atoms with Crippen molar-refractivity contribution in [3.8, 4) is 0 Å². The van der Waals surface area contributed by atoms with Crippen LogP contribution in [-0.2, 0) is 0 Å². The standard InChI is InChI=1S/C12H12/c1-9-5-6-10-8-12(10)7-3-2-4-11(9)12/h2-7,10H,8H2,1H3. The lowest BCUT2D eigenvalue weighted by Gasteiger charge is -2.21. The fourth-order valence-electron chi connectivity index (χ4n) is 2.52. The van der Waals surface area contributed by atoms with Gasteiger partial charge in [0.05, 0.1) is 0 Å². The maximum atomic E-state index is 2.38. The Labute approximate surface area is 73.0 Å². The van der Waals surface area contributed by atoms with E-state index in [1.54, 1.807) is 5.57 Å². The van der Waals surface area contributed by atoms with Gasteiger partial charge in [-0.2, -0.15) is 0 Å². The van der Waals surface area contributed by atoms with E-state index in [1.165, 1.54) is 12.0 Å². The van der Waals surface area contributed by atoms with Crippen molar-refractivity contribution in [3.05, 3.63) is 47.6 Å². The highest BCUT2D eigenvalue weighted by Crippen LogP contribution is 2.63. The highest BCUT2D eigenvalue weighted by Gasteiger charge is 2.54. The average Bonchev–Trinajstić information content (AvgIpc) is 2.78. The molecule has 0 bridgehead atoms. The third-order valence-electron chi connectivity index (χ3n) is 3.33. The van der Waals surface area contributed by atoms with Crippen molar-refractivity contribution < 1.29 is 0 Å². The Morgan fingerprint density at radius 2 is 2.25 bits per heavy atom. The molecule has 3 rings (SSSR count). The maximum Gasteiger partial charge on any atom is 0.0207 e. The third-order valence-corrected chi connectivity index (χ3v) is 3.33. The first-order valence-electron chi connectivity index (χ1n) is 4.58. The normalized spacial score (nSPS) is 41.2. The van der Waals surface area contributed by atoms with E-state index in [0.717, 1.165) is 5.92 Å². The van der Waals surface area contributed by atoms with Gasteiger partial charge in [0.15, 0.2) is 0 Å². The maximum absolute atomic E-state index is 2.38. The van der Waals surface area contributed by atoms with E-state index in [1.807, 2.05) is 0 Å². The van der Waals surface area contributed by atoms with Crippen LogP contribution in [0, 0.1) is 11.3 Å². The van der Waals surface area contributed by atoms with Gasteiger partial charge >= 0.3 is 0 Å². The highest BCUT2D eigenvalue weighted by molar-refractivity contribution is 5.53. The zero-order valence-corrected chi connectivity index (χ0v) is 7.25. The first-order chi connectivity index (χ1) is 5.83. The topological polar surface area (TPSA) is 0 Å². The second-order valence-corrected chi connectivity index (χ2v) is 4.03. The smallest absolute Gasteiger partial charge is 0.0207 e. The molecular weight excluding hydrogens is 144 g/mol. The van der Waals surface area contributed by atoms with Crippen molar-refractivity contribution in [1.29, 1.82) is 0 Å². The van der Waals surface area contributed by atoms with Crippen molar-refractivity contribution in [3.63, 3.8) is 0 Å². The molecule has 0 saturated heterocycles. The van der Waals surface area contributed by atoms with Gasteiger partial charge in [0.1, 0.15) is 0 Å². The number of hydrogen-bond acceptors (Lipinski definition) is 0. The first kappa shape index (κ1) is 6.47. The number of rotatable bonds is 0. The Hall–Kier alpha value is -1.04. The fourth-order valence-corrected chi connectivity index (χ4v) is 2.52. The summed E-state index contributed by atoms with van der Waals surface area (Å²) in [5.41, 5.74) is 3.44. The molecule has 0 aromatic carbocycles. The van der Waals surface area contributed by atoms with E-state index in [0.29, 0.717) is 5.41 Å². The molecule has 2 unspecified atom stereocenters. The molecule has 0 amide bonds. The molecule has 3 aliphatic rings. The van der Waals surface area contributed by atoms with Gasteiger partial charge in [0.2, 0.25) is 0 Å². The van der Waals surface area contributed by atoms with Gasteiger partial charge < -0.3 is 0 Å². The van der Waals surface area contributed by atoms with E-state index in [4.69, 9.17) is 0 Å². The summed E-state index contributed by atoms with van der Waals surface area (Å²) in [5, 5.41) is 0. The molecule has 0 aromatic rings. The van der Waals surface area contributed by atoms with E-state index in [-0.39, 0.29) is 0 Å². The minimum Gasteiger partial charge on any atom is -0.0799 e. The molecule has 60 valence electrons. The van der Waals surface area contributed by atoms with E-state index in [9.17, 15) is 0 Å². The van der Waals surface area contributed by atoms with Crippen molar-refractivity contribution in [2.24, 2.45) is 11.3 Å². The molecule has 2 atom stereocenters. The summed E-state index contributed by atoms with van der Waals surface area (Å²) in [4.78, 5) is 0. The molecule has 0 nitrogen and oxygen atoms in total. The number of allylic oxidation sites excluding steroid dienone is 8. The Balaban J connectivity index is 2.22. The lowest BCUT2D eigenvalue weighted by molar-refractivity contribution is 0.728. The van der Waals surface area contributed by atoms with Gasteiger partial charge in [0, 0.05) is 5.41 Å². The molecule has 0 aliphatic heterocycles. The van der Waals surface area contributed by atoms with Gasteiger partial charge in [-0.25, -0.2) is 0 Å². The summed E-state index contributed by atoms with van der Waals surface area (Å²) in [6.45, 7) is 2.21. The van der Waals surface area contributed by atoms with Crippen LogP contribution in [0.2, 0.25) is 0 Å². The molecule has 12 heavy (non-hydrogen) atoms. The summed E-state index contributed by atoms with van der Waals surface area (Å²) in [6.07, 6.45) is 15.0. The average molecular weight is 156 g/mol. The Morgan fingerprint density at radius 1 is 1.33 bits per heavy atom. The van der Waals surface area contributed by atoms with Crippen molar-refractivity contribution in [1.82, 2.24) is 0 Å². The lowest BCUT2D eigenvalue weighted by atomic mass is 9.83. The van der Waals surface area contributed by atoms with Crippen molar-refractivity contribution in [2.45, 2.75) is 13.3 Å². The largest absolute Gasteiger partial charge is 0.0799 e. The predicted molar refractivity (Wildman–Crippen MR) is 50.7 cm³/mol. The highest BCUT2D eigenvalue weighted by atomic mass is 14.6. The second kappa shape index (κ2) is 1.82. The van der Waals surface area contributed by atoms with Crippen molar-refractivity contribution in [2.75, 3.05) is 0 Å². The molecule has 1 fully saturated rings. The van der Waals surface area contributed by atoms with Crippen LogP contribution in [0.3, 0.4) is 0 Å². The van der Waals surface area contributed by atoms with Crippen LogP contribution in [0.15, 0.2) is 47.6 Å². The van der Waals surface area contributed by atoms with Gasteiger partial charge in [-0.15, -0.1) is 0 Å². The fraction of sp³-hybridized carbons (Fsp3) is 0.333. The Kier molecular flexibility index (Phi) is 0.982. The SMILES string of the molecule is CC1=C2C=CC=CC23CC3C=C1. The molecule has 0 aromatic heterocycles. The van der Waals surface area contributed by atoms with Crippen LogP contribution in [0.5, 0.6) is 0 Å². The van der Waals surface area contributed by atoms with Crippen LogP contribution < -0.4 is 0 Å². The molecule has 0 N–H and O–H groups in total. The summed E-state index contributed by atoms with van der Waals surface area (Å²) >= 11 is 0. The van der Waals surface area contributed by atoms with E-state index in [2.05, 4.69) is 43.4 Å². The van der Waals surface area contributed by atoms with Gasteiger partial charge in [-0.1, -0.05) is 36.5 Å². The molecule has 1 saturated carbocycles. The summed E-state index contributed by atoms with van der Waals surface area (Å²) in [7, 11) is 0. The van der Waals surface area contributed by atoms with Gasteiger partial charge in [0.25, 0.3) is 0 Å². The molecule has 0 radical (unpaired) electrons. The van der Waals surface area contributed by atoms with Crippen molar-refractivity contribution >= 4 is 0 Å². The molecule has 1 spiro atoms. The van der Waals surface area contributed by atoms with E-state index >= 15 is 0 Å². The van der Waals surface area contributed by atoms with Crippen LogP contribution in [0.25, 0.3) is 0 Å². The minimum atomic E-state index is 0.438. The van der Waals surface area contributed by atoms with E-state index < -0.39 is 0 Å². The molecule has 3 aliphatic carbocycles. The number of hydrogen-bond donors (Lipinski definition) is 0. The first-order valence-corrected chi connectivity index (χ1v) is 4.58. The molecule has 0 heteroatoms. The third kappa shape index (κ3) is 0.592. The lowest BCUT2D eigenvalue weighted by Crippen LogP contribution is -2.09. The summed E-state index contributed by atoms with van der Waals surface area (Å²) < 4.78 is 0. The predicted octanol–water partition coefficient (Wildman–Crippen LogP) is 3.01. The summed E-state index contributed by atoms with van der Waals surface area (Å²) in [5.74, 6) is 0.803. The Morgan fingerprint density at radius 3 is 3.08 bits per heavy atom. The zero-order chi connectivity index (χ0) is 8.18.